The van der Waals surface area contributed by atoms with Crippen molar-refractivity contribution in [3.05, 3.63) is 28.8 Å². The number of carboxylic acids is 1. The lowest BCUT2D eigenvalue weighted by Crippen LogP contribution is -2.41. The van der Waals surface area contributed by atoms with E-state index in [0.29, 0.717) is 18.4 Å². The Bertz CT molecular complexity index is 538. The largest absolute Gasteiger partial charge is 0.506 e. The van der Waals surface area contributed by atoms with E-state index in [4.69, 9.17) is 11.6 Å². The second kappa shape index (κ2) is 5.71. The molecule has 6 heteroatoms. The predicted octanol–water partition coefficient (Wildman–Crippen LogP) is 2.42. The van der Waals surface area contributed by atoms with Crippen molar-refractivity contribution >= 4 is 23.5 Å². The molecule has 0 bridgehead atoms. The highest BCUT2D eigenvalue weighted by Gasteiger charge is 2.41. The molecule has 1 aliphatic rings. The Morgan fingerprint density at radius 3 is 2.50 bits per heavy atom. The molecule has 20 heavy (non-hydrogen) atoms. The second-order valence-electron chi connectivity index (χ2n) is 5.14. The van der Waals surface area contributed by atoms with Crippen LogP contribution in [-0.4, -0.2) is 28.6 Å². The predicted molar refractivity (Wildman–Crippen MR) is 74.0 cm³/mol. The average Bonchev–Trinajstić information content (AvgIpc) is 2.89. The van der Waals surface area contributed by atoms with E-state index >= 15 is 0 Å². The zero-order valence-corrected chi connectivity index (χ0v) is 11.6. The molecule has 1 aromatic carbocycles. The van der Waals surface area contributed by atoms with Crippen LogP contribution in [-0.2, 0) is 4.79 Å². The Labute approximate surface area is 121 Å². The van der Waals surface area contributed by atoms with E-state index in [1.54, 1.807) is 0 Å². The molecule has 0 atom stereocenters. The highest BCUT2D eigenvalue weighted by atomic mass is 35.5. The normalized spacial score (nSPS) is 16.9. The summed E-state index contributed by atoms with van der Waals surface area (Å²) >= 11 is 5.74. The van der Waals surface area contributed by atoms with Crippen LogP contribution in [0.2, 0.25) is 5.02 Å². The summed E-state index contributed by atoms with van der Waals surface area (Å²) in [5.74, 6) is -1.35. The van der Waals surface area contributed by atoms with Gasteiger partial charge in [0.1, 0.15) is 5.75 Å². The lowest BCUT2D eigenvalue weighted by atomic mass is 9.86. The molecule has 5 nitrogen and oxygen atoms in total. The van der Waals surface area contributed by atoms with Gasteiger partial charge in [-0.25, -0.2) is 0 Å². The van der Waals surface area contributed by atoms with E-state index in [1.807, 2.05) is 0 Å². The number of phenolic OH excluding ortho intramolecular Hbond substituents is 1. The first-order valence-corrected chi connectivity index (χ1v) is 6.82. The fraction of sp³-hybridized carbons (Fsp3) is 0.429. The van der Waals surface area contributed by atoms with Gasteiger partial charge in [0.05, 0.1) is 10.4 Å². The maximum atomic E-state index is 12.0. The summed E-state index contributed by atoms with van der Waals surface area (Å²) in [4.78, 5) is 23.4. The van der Waals surface area contributed by atoms with Crippen molar-refractivity contribution in [1.29, 1.82) is 0 Å². The van der Waals surface area contributed by atoms with Gasteiger partial charge in [-0.2, -0.15) is 0 Å². The van der Waals surface area contributed by atoms with Gasteiger partial charge in [-0.3, -0.25) is 9.59 Å². The molecule has 0 unspecified atom stereocenters. The number of aromatic hydroxyl groups is 1. The van der Waals surface area contributed by atoms with E-state index in [-0.39, 0.29) is 23.2 Å². The maximum absolute atomic E-state index is 12.0. The summed E-state index contributed by atoms with van der Waals surface area (Å²) in [6.07, 6.45) is 2.90. The zero-order chi connectivity index (χ0) is 14.8. The van der Waals surface area contributed by atoms with Gasteiger partial charge < -0.3 is 15.5 Å². The Morgan fingerprint density at radius 2 is 1.95 bits per heavy atom. The zero-order valence-electron chi connectivity index (χ0n) is 10.9. The Balaban J connectivity index is 2.04. The third-order valence-electron chi connectivity index (χ3n) is 3.81. The van der Waals surface area contributed by atoms with E-state index in [9.17, 15) is 19.8 Å². The molecule has 0 saturated heterocycles. The smallest absolute Gasteiger partial charge is 0.311 e. The standard InChI is InChI=1S/C14H16ClNO4/c15-10-7-9(3-4-11(10)17)12(18)16-8-14(13(19)20)5-1-2-6-14/h3-4,7,17H,1-2,5-6,8H2,(H,16,18)(H,19,20). The van der Waals surface area contributed by atoms with E-state index < -0.39 is 11.4 Å². The number of aliphatic carboxylic acids is 1. The van der Waals surface area contributed by atoms with Gasteiger partial charge in [-0.1, -0.05) is 24.4 Å². The second-order valence-corrected chi connectivity index (χ2v) is 5.55. The molecule has 3 N–H and O–H groups in total. The average molecular weight is 298 g/mol. The number of hydrogen-bond acceptors (Lipinski definition) is 3. The molecule has 0 aromatic heterocycles. The number of nitrogens with one attached hydrogen (secondary N) is 1. The first-order chi connectivity index (χ1) is 9.44. The number of carbonyl (C=O) groups is 2. The minimum atomic E-state index is -0.862. The number of benzene rings is 1. The van der Waals surface area contributed by atoms with Gasteiger partial charge in [0.25, 0.3) is 5.91 Å². The molecule has 1 saturated carbocycles. The summed E-state index contributed by atoms with van der Waals surface area (Å²) in [6, 6.07) is 4.13. The number of phenols is 1. The van der Waals surface area contributed by atoms with E-state index in [0.717, 1.165) is 12.8 Å². The third-order valence-corrected chi connectivity index (χ3v) is 4.11. The minimum absolute atomic E-state index is 0.0893. The number of amides is 1. The first kappa shape index (κ1) is 14.7. The van der Waals surface area contributed by atoms with Crippen molar-refractivity contribution in [1.82, 2.24) is 5.32 Å². The number of carboxylic acid groups (broad SMARTS) is 1. The summed E-state index contributed by atoms with van der Waals surface area (Å²) < 4.78 is 0. The molecule has 0 aliphatic heterocycles. The minimum Gasteiger partial charge on any atom is -0.506 e. The van der Waals surface area contributed by atoms with Crippen LogP contribution in [0, 0.1) is 5.41 Å². The van der Waals surface area contributed by atoms with E-state index in [2.05, 4.69) is 5.32 Å². The van der Waals surface area contributed by atoms with Crippen molar-refractivity contribution in [2.75, 3.05) is 6.54 Å². The van der Waals surface area contributed by atoms with Gasteiger partial charge in [0.2, 0.25) is 0 Å². The van der Waals surface area contributed by atoms with Gasteiger partial charge in [-0.05, 0) is 31.0 Å². The van der Waals surface area contributed by atoms with Gasteiger partial charge in [0.15, 0.2) is 0 Å². The van der Waals surface area contributed by atoms with Crippen LogP contribution in [0.1, 0.15) is 36.0 Å². The Kier molecular flexibility index (Phi) is 4.18. The summed E-state index contributed by atoms with van der Waals surface area (Å²) in [7, 11) is 0. The topological polar surface area (TPSA) is 86.6 Å². The molecular weight excluding hydrogens is 282 g/mol. The molecule has 108 valence electrons. The van der Waals surface area contributed by atoms with Crippen LogP contribution in [0.25, 0.3) is 0 Å². The third kappa shape index (κ3) is 2.88. The van der Waals surface area contributed by atoms with Crippen molar-refractivity contribution < 1.29 is 19.8 Å². The molecule has 0 radical (unpaired) electrons. The van der Waals surface area contributed by atoms with Crippen molar-refractivity contribution in [2.24, 2.45) is 5.41 Å². The molecule has 0 spiro atoms. The first-order valence-electron chi connectivity index (χ1n) is 6.45. The number of carbonyl (C=O) groups excluding carboxylic acids is 1. The fourth-order valence-electron chi connectivity index (χ4n) is 2.52. The summed E-state index contributed by atoms with van der Waals surface area (Å²) in [5, 5.41) is 21.4. The van der Waals surface area contributed by atoms with Gasteiger partial charge in [-0.15, -0.1) is 0 Å². The van der Waals surface area contributed by atoms with Crippen molar-refractivity contribution in [2.45, 2.75) is 25.7 Å². The van der Waals surface area contributed by atoms with Crippen LogP contribution in [0.3, 0.4) is 0 Å². The van der Waals surface area contributed by atoms with Crippen LogP contribution in [0.5, 0.6) is 5.75 Å². The van der Waals surface area contributed by atoms with E-state index in [1.165, 1.54) is 18.2 Å². The van der Waals surface area contributed by atoms with Crippen LogP contribution >= 0.6 is 11.6 Å². The van der Waals surface area contributed by atoms with Crippen LogP contribution < -0.4 is 5.32 Å². The molecule has 1 fully saturated rings. The van der Waals surface area contributed by atoms with Crippen LogP contribution in [0.4, 0.5) is 0 Å². The molecule has 1 aromatic rings. The summed E-state index contributed by atoms with van der Waals surface area (Å²) in [5.41, 5.74) is -0.553. The molecule has 0 heterocycles. The summed E-state index contributed by atoms with van der Waals surface area (Å²) in [6.45, 7) is 0.111. The van der Waals surface area contributed by atoms with Gasteiger partial charge >= 0.3 is 5.97 Å². The Morgan fingerprint density at radius 1 is 1.30 bits per heavy atom. The maximum Gasteiger partial charge on any atom is 0.311 e. The number of halogens is 1. The Hall–Kier alpha value is -1.75. The number of rotatable bonds is 4. The quantitative estimate of drug-likeness (QED) is 0.796. The molecular formula is C14H16ClNO4. The molecule has 2 rings (SSSR count). The highest BCUT2D eigenvalue weighted by Crippen LogP contribution is 2.37. The van der Waals surface area contributed by atoms with Gasteiger partial charge in [0, 0.05) is 12.1 Å². The lowest BCUT2D eigenvalue weighted by molar-refractivity contribution is -0.148. The fourth-order valence-corrected chi connectivity index (χ4v) is 2.70. The molecule has 1 aliphatic carbocycles. The SMILES string of the molecule is O=C(NCC1(C(=O)O)CCCC1)c1ccc(O)c(Cl)c1. The monoisotopic (exact) mass is 297 g/mol. The number of hydrogen-bond donors (Lipinski definition) is 3. The highest BCUT2D eigenvalue weighted by molar-refractivity contribution is 6.32. The van der Waals surface area contributed by atoms with Crippen molar-refractivity contribution in [3.63, 3.8) is 0 Å². The van der Waals surface area contributed by atoms with Crippen LogP contribution in [0.15, 0.2) is 18.2 Å². The lowest BCUT2D eigenvalue weighted by Gasteiger charge is -2.24. The molecule has 1 amide bonds. The van der Waals surface area contributed by atoms with Crippen molar-refractivity contribution in [3.8, 4) is 5.75 Å².